The second-order valence-electron chi connectivity index (χ2n) is 6.07. The van der Waals surface area contributed by atoms with Crippen LogP contribution < -0.4 is 9.47 Å². The molecule has 1 aromatic carbocycles. The van der Waals surface area contributed by atoms with Crippen LogP contribution in [0.1, 0.15) is 12.0 Å². The van der Waals surface area contributed by atoms with Gasteiger partial charge < -0.3 is 9.47 Å². The van der Waals surface area contributed by atoms with Crippen LogP contribution in [-0.4, -0.2) is 44.0 Å². The van der Waals surface area contributed by atoms with Gasteiger partial charge in [0.05, 0.1) is 19.2 Å². The first kappa shape index (κ1) is 20.7. The number of sulfonamides is 1. The van der Waals surface area contributed by atoms with Gasteiger partial charge in [0.25, 0.3) is 0 Å². The number of nitrogens with zero attached hydrogens (tertiary/aromatic N) is 2. The van der Waals surface area contributed by atoms with Crippen LogP contribution in [0.3, 0.4) is 0 Å². The van der Waals surface area contributed by atoms with Gasteiger partial charge in [-0.3, -0.25) is 0 Å². The molecule has 1 aliphatic heterocycles. The van der Waals surface area contributed by atoms with E-state index < -0.39 is 27.9 Å². The molecule has 0 bridgehead atoms. The van der Waals surface area contributed by atoms with Crippen molar-refractivity contribution in [1.82, 2.24) is 9.29 Å². The van der Waals surface area contributed by atoms with Gasteiger partial charge in [-0.15, -0.1) is 0 Å². The molecule has 152 valence electrons. The van der Waals surface area contributed by atoms with Crippen molar-refractivity contribution >= 4 is 21.6 Å². The highest BCUT2D eigenvalue weighted by Gasteiger charge is 2.36. The zero-order valence-corrected chi connectivity index (χ0v) is 16.2. The van der Waals surface area contributed by atoms with Crippen molar-refractivity contribution in [3.8, 4) is 11.6 Å². The molecule has 2 heterocycles. The molecule has 1 unspecified atom stereocenters. The third kappa shape index (κ3) is 4.34. The van der Waals surface area contributed by atoms with Crippen molar-refractivity contribution in [2.75, 3.05) is 20.2 Å². The number of hydrogen-bond donors (Lipinski definition) is 0. The molecule has 2 aromatic rings. The second kappa shape index (κ2) is 7.76. The Hall–Kier alpha value is -2.04. The minimum atomic E-state index is -4.52. The van der Waals surface area contributed by atoms with E-state index in [-0.39, 0.29) is 34.6 Å². The number of benzene rings is 1. The van der Waals surface area contributed by atoms with Crippen molar-refractivity contribution in [1.29, 1.82) is 0 Å². The highest BCUT2D eigenvalue weighted by Crippen LogP contribution is 2.33. The number of pyridine rings is 1. The van der Waals surface area contributed by atoms with Crippen molar-refractivity contribution in [3.05, 3.63) is 47.1 Å². The van der Waals surface area contributed by atoms with Crippen molar-refractivity contribution in [2.24, 2.45) is 0 Å². The maximum absolute atomic E-state index is 12.9. The van der Waals surface area contributed by atoms with E-state index in [1.54, 1.807) is 0 Å². The fourth-order valence-electron chi connectivity index (χ4n) is 2.82. The van der Waals surface area contributed by atoms with Crippen molar-refractivity contribution < 1.29 is 31.1 Å². The highest BCUT2D eigenvalue weighted by atomic mass is 35.5. The normalized spacial score (nSPS) is 18.2. The van der Waals surface area contributed by atoms with Crippen LogP contribution in [-0.2, 0) is 16.2 Å². The number of aromatic nitrogens is 1. The Morgan fingerprint density at radius 1 is 1.25 bits per heavy atom. The zero-order valence-electron chi connectivity index (χ0n) is 14.6. The van der Waals surface area contributed by atoms with Crippen LogP contribution in [0, 0.1) is 0 Å². The van der Waals surface area contributed by atoms with E-state index in [1.807, 2.05) is 0 Å². The monoisotopic (exact) mass is 436 g/mol. The molecule has 0 radical (unpaired) electrons. The Bertz CT molecular complexity index is 969. The van der Waals surface area contributed by atoms with E-state index in [2.05, 4.69) is 4.98 Å². The topological polar surface area (TPSA) is 68.7 Å². The molecule has 1 saturated heterocycles. The van der Waals surface area contributed by atoms with Gasteiger partial charge in [-0.25, -0.2) is 13.4 Å². The number of halogens is 4. The maximum atomic E-state index is 12.9. The summed E-state index contributed by atoms with van der Waals surface area (Å²) in [6.45, 7) is 0.109. The lowest BCUT2D eigenvalue weighted by Crippen LogP contribution is -2.31. The van der Waals surface area contributed by atoms with E-state index in [4.69, 9.17) is 21.1 Å². The fraction of sp³-hybridized carbons (Fsp3) is 0.353. The van der Waals surface area contributed by atoms with E-state index >= 15 is 0 Å². The van der Waals surface area contributed by atoms with Crippen LogP contribution in [0.15, 0.2) is 41.4 Å². The average molecular weight is 437 g/mol. The molecular weight excluding hydrogens is 421 g/mol. The van der Waals surface area contributed by atoms with E-state index in [1.165, 1.54) is 29.6 Å². The van der Waals surface area contributed by atoms with E-state index in [0.29, 0.717) is 6.42 Å². The molecular formula is C17H16ClF3N2O4S. The third-order valence-electron chi connectivity index (χ3n) is 4.20. The zero-order chi connectivity index (χ0) is 20.5. The molecule has 6 nitrogen and oxygen atoms in total. The lowest BCUT2D eigenvalue weighted by molar-refractivity contribution is -0.137. The second-order valence-corrected chi connectivity index (χ2v) is 8.41. The van der Waals surface area contributed by atoms with Crippen LogP contribution in [0.2, 0.25) is 5.02 Å². The predicted octanol–water partition coefficient (Wildman–Crippen LogP) is 3.60. The molecule has 1 fully saturated rings. The highest BCUT2D eigenvalue weighted by molar-refractivity contribution is 7.89. The third-order valence-corrected chi connectivity index (χ3v) is 6.32. The van der Waals surface area contributed by atoms with Crippen LogP contribution >= 0.6 is 11.6 Å². The molecule has 1 aromatic heterocycles. The number of hydrogen-bond acceptors (Lipinski definition) is 5. The number of alkyl halides is 3. The first-order chi connectivity index (χ1) is 13.1. The van der Waals surface area contributed by atoms with E-state index in [9.17, 15) is 21.6 Å². The lowest BCUT2D eigenvalue weighted by Gasteiger charge is -2.19. The summed E-state index contributed by atoms with van der Waals surface area (Å²) in [4.78, 5) is 3.69. The predicted molar refractivity (Wildman–Crippen MR) is 95.0 cm³/mol. The summed E-state index contributed by atoms with van der Waals surface area (Å²) in [7, 11) is -2.57. The first-order valence-electron chi connectivity index (χ1n) is 8.15. The quantitative estimate of drug-likeness (QED) is 0.716. The van der Waals surface area contributed by atoms with Crippen LogP contribution in [0.5, 0.6) is 11.6 Å². The average Bonchev–Trinajstić information content (AvgIpc) is 3.10. The van der Waals surface area contributed by atoms with Crippen LogP contribution in [0.25, 0.3) is 0 Å². The molecule has 1 atom stereocenters. The van der Waals surface area contributed by atoms with Gasteiger partial charge in [0.15, 0.2) is 0 Å². The van der Waals surface area contributed by atoms with Gasteiger partial charge in [-0.2, -0.15) is 17.5 Å². The Morgan fingerprint density at radius 3 is 2.68 bits per heavy atom. The molecule has 0 spiro atoms. The van der Waals surface area contributed by atoms with Gasteiger partial charge in [0.2, 0.25) is 15.9 Å². The molecule has 0 aliphatic carbocycles. The summed E-state index contributed by atoms with van der Waals surface area (Å²) < 4.78 is 76.0. The molecule has 0 amide bonds. The van der Waals surface area contributed by atoms with Crippen molar-refractivity contribution in [3.63, 3.8) is 0 Å². The summed E-state index contributed by atoms with van der Waals surface area (Å²) in [5.74, 6) is -0.0623. The number of rotatable bonds is 5. The van der Waals surface area contributed by atoms with Gasteiger partial charge in [-0.05, 0) is 30.7 Å². The minimum absolute atomic E-state index is 0.0318. The standard InChI is InChI=1S/C17H16ClF3N2O4S/c1-26-14-3-2-12(18)9-15(14)28(24,25)23-7-5-13(10-23)27-16-8-11(4-6-22-16)17(19,20)21/h2-4,6,8-9,13H,5,7,10H2,1H3. The summed E-state index contributed by atoms with van der Waals surface area (Å²) in [6, 6.07) is 5.87. The lowest BCUT2D eigenvalue weighted by atomic mass is 10.2. The molecule has 0 N–H and O–H groups in total. The first-order valence-corrected chi connectivity index (χ1v) is 9.96. The number of ether oxygens (including phenoxy) is 2. The molecule has 11 heteroatoms. The van der Waals surface area contributed by atoms with Gasteiger partial charge in [0, 0.05) is 23.8 Å². The Labute approximate surface area is 164 Å². The fourth-order valence-corrected chi connectivity index (χ4v) is 4.73. The summed E-state index contributed by atoms with van der Waals surface area (Å²) in [5, 5.41) is 0.236. The largest absolute Gasteiger partial charge is 0.495 e. The Kier molecular flexibility index (Phi) is 5.74. The molecule has 3 rings (SSSR count). The Morgan fingerprint density at radius 2 is 2.00 bits per heavy atom. The van der Waals surface area contributed by atoms with Gasteiger partial charge in [-0.1, -0.05) is 11.6 Å². The number of methoxy groups -OCH3 is 1. The van der Waals surface area contributed by atoms with Crippen molar-refractivity contribution in [2.45, 2.75) is 23.6 Å². The SMILES string of the molecule is COc1ccc(Cl)cc1S(=O)(=O)N1CCC(Oc2cc(C(F)(F)F)ccn2)C1. The smallest absolute Gasteiger partial charge is 0.416 e. The molecule has 28 heavy (non-hydrogen) atoms. The molecule has 0 saturated carbocycles. The van der Waals surface area contributed by atoms with Gasteiger partial charge >= 0.3 is 6.18 Å². The Balaban J connectivity index is 1.76. The van der Waals surface area contributed by atoms with Gasteiger partial charge in [0.1, 0.15) is 16.7 Å². The van der Waals surface area contributed by atoms with Crippen LogP contribution in [0.4, 0.5) is 13.2 Å². The van der Waals surface area contributed by atoms with E-state index in [0.717, 1.165) is 18.3 Å². The summed E-state index contributed by atoms with van der Waals surface area (Å²) >= 11 is 5.91. The minimum Gasteiger partial charge on any atom is -0.495 e. The molecule has 1 aliphatic rings. The summed E-state index contributed by atoms with van der Waals surface area (Å²) in [6.07, 6.45) is -3.84. The summed E-state index contributed by atoms with van der Waals surface area (Å²) in [5.41, 5.74) is -0.886. The maximum Gasteiger partial charge on any atom is 0.416 e.